The highest BCUT2D eigenvalue weighted by atomic mass is 16.4. The molecule has 0 spiro atoms. The van der Waals surface area contributed by atoms with Crippen LogP contribution in [0.25, 0.3) is 0 Å². The van der Waals surface area contributed by atoms with Crippen molar-refractivity contribution < 1.29 is 14.7 Å². The molecule has 1 saturated heterocycles. The molecule has 1 fully saturated rings. The van der Waals surface area contributed by atoms with Gasteiger partial charge in [0.1, 0.15) is 6.04 Å². The predicted octanol–water partition coefficient (Wildman–Crippen LogP) is 0.446. The summed E-state index contributed by atoms with van der Waals surface area (Å²) < 4.78 is 0. The van der Waals surface area contributed by atoms with E-state index in [-0.39, 0.29) is 12.5 Å². The number of terminal acetylenes is 1. The van der Waals surface area contributed by atoms with Crippen LogP contribution in [0.1, 0.15) is 19.3 Å². The van der Waals surface area contributed by atoms with E-state index in [4.69, 9.17) is 11.5 Å². The van der Waals surface area contributed by atoms with E-state index in [9.17, 15) is 9.59 Å². The average molecular weight is 281 g/mol. The number of rotatable bonds is 5. The van der Waals surface area contributed by atoms with Crippen LogP contribution in [0.5, 0.6) is 0 Å². The van der Waals surface area contributed by atoms with Gasteiger partial charge in [0.15, 0.2) is 0 Å². The Balaban J connectivity index is 2.42. The molecule has 0 aromatic carbocycles. The zero-order chi connectivity index (χ0) is 15.1. The number of carbonyl (C=O) groups excluding carboxylic acids is 1. The van der Waals surface area contributed by atoms with E-state index in [0.29, 0.717) is 19.0 Å². The lowest BCUT2D eigenvalue weighted by Crippen LogP contribution is -2.50. The number of amides is 2. The van der Waals surface area contributed by atoms with Crippen molar-refractivity contribution >= 4 is 12.0 Å². The molecule has 0 radical (unpaired) electrons. The van der Waals surface area contributed by atoms with E-state index in [1.165, 1.54) is 0 Å². The number of carboxylic acid groups (broad SMARTS) is 1. The molecule has 0 aromatic rings. The number of nitrogens with zero attached hydrogens (tertiary/aromatic N) is 2. The topological polar surface area (TPSA) is 72.9 Å². The average Bonchev–Trinajstić information content (AvgIpc) is 2.38. The van der Waals surface area contributed by atoms with Gasteiger partial charge in [0.25, 0.3) is 0 Å². The highest BCUT2D eigenvalue weighted by Crippen LogP contribution is 2.17. The molecular formula is C14H23N3O3. The summed E-state index contributed by atoms with van der Waals surface area (Å²) in [6.45, 7) is 2.34. The number of nitrogens with one attached hydrogen (secondary N) is 1. The minimum Gasteiger partial charge on any atom is -0.480 e. The lowest BCUT2D eigenvalue weighted by molar-refractivity contribution is -0.139. The monoisotopic (exact) mass is 281 g/mol. The molecule has 20 heavy (non-hydrogen) atoms. The van der Waals surface area contributed by atoms with Gasteiger partial charge in [-0.1, -0.05) is 0 Å². The SMILES string of the molecule is C#CCC(NC(=O)N1CCC(CN(C)C)CC1)C(=O)O. The van der Waals surface area contributed by atoms with Crippen LogP contribution in [-0.4, -0.2) is 66.7 Å². The fourth-order valence-corrected chi connectivity index (χ4v) is 2.39. The Bertz CT molecular complexity index is 382. The summed E-state index contributed by atoms with van der Waals surface area (Å²) in [5, 5.41) is 11.4. The van der Waals surface area contributed by atoms with Gasteiger partial charge in [0.2, 0.25) is 0 Å². The Morgan fingerprint density at radius 3 is 2.50 bits per heavy atom. The Morgan fingerprint density at radius 2 is 2.05 bits per heavy atom. The molecule has 6 nitrogen and oxygen atoms in total. The second-order valence-electron chi connectivity index (χ2n) is 5.44. The Morgan fingerprint density at radius 1 is 1.45 bits per heavy atom. The summed E-state index contributed by atoms with van der Waals surface area (Å²) in [4.78, 5) is 26.7. The lowest BCUT2D eigenvalue weighted by atomic mass is 9.96. The minimum atomic E-state index is -1.10. The largest absolute Gasteiger partial charge is 0.480 e. The van der Waals surface area contributed by atoms with E-state index < -0.39 is 12.0 Å². The molecule has 0 aromatic heterocycles. The molecule has 2 amide bonds. The summed E-state index contributed by atoms with van der Waals surface area (Å²) >= 11 is 0. The van der Waals surface area contributed by atoms with E-state index in [1.54, 1.807) is 4.90 Å². The summed E-state index contributed by atoms with van der Waals surface area (Å²) in [7, 11) is 4.08. The number of carboxylic acids is 1. The molecule has 2 N–H and O–H groups in total. The van der Waals surface area contributed by atoms with Gasteiger partial charge in [0.05, 0.1) is 0 Å². The Labute approximate surface area is 120 Å². The number of carbonyl (C=O) groups is 2. The fourth-order valence-electron chi connectivity index (χ4n) is 2.39. The van der Waals surface area contributed by atoms with Crippen LogP contribution in [-0.2, 0) is 4.79 Å². The van der Waals surface area contributed by atoms with Crippen molar-refractivity contribution in [1.29, 1.82) is 0 Å². The van der Waals surface area contributed by atoms with Crippen LogP contribution in [0.15, 0.2) is 0 Å². The van der Waals surface area contributed by atoms with E-state index in [1.807, 2.05) is 14.1 Å². The van der Waals surface area contributed by atoms with E-state index in [2.05, 4.69) is 16.1 Å². The van der Waals surface area contributed by atoms with Crippen molar-refractivity contribution in [3.63, 3.8) is 0 Å². The lowest BCUT2D eigenvalue weighted by Gasteiger charge is -2.33. The zero-order valence-corrected chi connectivity index (χ0v) is 12.1. The van der Waals surface area contributed by atoms with Crippen molar-refractivity contribution in [2.45, 2.75) is 25.3 Å². The Hall–Kier alpha value is -1.74. The summed E-state index contributed by atoms with van der Waals surface area (Å²) in [5.41, 5.74) is 0. The van der Waals surface area contributed by atoms with Gasteiger partial charge in [-0.25, -0.2) is 9.59 Å². The molecule has 1 atom stereocenters. The van der Waals surface area contributed by atoms with Crippen molar-refractivity contribution in [3.8, 4) is 12.3 Å². The first-order valence-electron chi connectivity index (χ1n) is 6.80. The van der Waals surface area contributed by atoms with Crippen molar-refractivity contribution in [2.24, 2.45) is 5.92 Å². The molecule has 1 aliphatic rings. The third-order valence-electron chi connectivity index (χ3n) is 3.44. The highest BCUT2D eigenvalue weighted by Gasteiger charge is 2.26. The maximum absolute atomic E-state index is 12.0. The quantitative estimate of drug-likeness (QED) is 0.718. The summed E-state index contributed by atoms with van der Waals surface area (Å²) in [5.74, 6) is 1.76. The number of hydrogen-bond acceptors (Lipinski definition) is 3. The van der Waals surface area contributed by atoms with Gasteiger partial charge < -0.3 is 20.2 Å². The maximum atomic E-state index is 12.0. The van der Waals surface area contributed by atoms with Crippen LogP contribution in [0, 0.1) is 18.3 Å². The fraction of sp³-hybridized carbons (Fsp3) is 0.714. The van der Waals surface area contributed by atoms with E-state index in [0.717, 1.165) is 19.4 Å². The summed E-state index contributed by atoms with van der Waals surface area (Å²) in [6.07, 6.45) is 6.99. The van der Waals surface area contributed by atoms with Crippen molar-refractivity contribution in [1.82, 2.24) is 15.1 Å². The molecule has 1 unspecified atom stereocenters. The standard InChI is InChI=1S/C14H23N3O3/c1-4-5-12(13(18)19)15-14(20)17-8-6-11(7-9-17)10-16(2)3/h1,11-12H,5-10H2,2-3H3,(H,15,20)(H,18,19). The molecule has 1 heterocycles. The first kappa shape index (κ1) is 16.3. The Kier molecular flexibility index (Phi) is 6.32. The van der Waals surface area contributed by atoms with E-state index >= 15 is 0 Å². The molecule has 1 rings (SSSR count). The first-order chi connectivity index (χ1) is 9.43. The van der Waals surface area contributed by atoms with Crippen LogP contribution < -0.4 is 5.32 Å². The van der Waals surface area contributed by atoms with Gasteiger partial charge in [-0.3, -0.25) is 0 Å². The third-order valence-corrected chi connectivity index (χ3v) is 3.44. The van der Waals surface area contributed by atoms with Gasteiger partial charge in [-0.15, -0.1) is 12.3 Å². The number of hydrogen-bond donors (Lipinski definition) is 2. The molecule has 0 bridgehead atoms. The number of piperidine rings is 1. The number of aliphatic carboxylic acids is 1. The molecule has 0 aliphatic carbocycles. The smallest absolute Gasteiger partial charge is 0.327 e. The van der Waals surface area contributed by atoms with Crippen LogP contribution >= 0.6 is 0 Å². The second kappa shape index (κ2) is 7.75. The minimum absolute atomic E-state index is 0.00182. The molecule has 0 saturated carbocycles. The van der Waals surface area contributed by atoms with Crippen LogP contribution in [0.2, 0.25) is 0 Å². The summed E-state index contributed by atoms with van der Waals surface area (Å²) in [6, 6.07) is -1.34. The maximum Gasteiger partial charge on any atom is 0.327 e. The molecule has 6 heteroatoms. The molecule has 112 valence electrons. The second-order valence-corrected chi connectivity index (χ2v) is 5.44. The molecular weight excluding hydrogens is 258 g/mol. The van der Waals surface area contributed by atoms with Crippen LogP contribution in [0.4, 0.5) is 4.79 Å². The number of likely N-dealkylation sites (tertiary alicyclic amines) is 1. The normalized spacial score (nSPS) is 17.6. The first-order valence-corrected chi connectivity index (χ1v) is 6.80. The molecule has 1 aliphatic heterocycles. The van der Waals surface area contributed by atoms with Crippen molar-refractivity contribution in [3.05, 3.63) is 0 Å². The highest BCUT2D eigenvalue weighted by molar-refractivity contribution is 5.82. The third kappa shape index (κ3) is 5.10. The zero-order valence-electron chi connectivity index (χ0n) is 12.1. The van der Waals surface area contributed by atoms with Crippen molar-refractivity contribution in [2.75, 3.05) is 33.7 Å². The van der Waals surface area contributed by atoms with Gasteiger partial charge in [0, 0.05) is 26.1 Å². The van der Waals surface area contributed by atoms with Gasteiger partial charge >= 0.3 is 12.0 Å². The predicted molar refractivity (Wildman–Crippen MR) is 76.3 cm³/mol. The number of urea groups is 1. The van der Waals surface area contributed by atoms with Gasteiger partial charge in [-0.05, 0) is 32.9 Å². The van der Waals surface area contributed by atoms with Crippen LogP contribution in [0.3, 0.4) is 0 Å². The van der Waals surface area contributed by atoms with Gasteiger partial charge in [-0.2, -0.15) is 0 Å².